The molecule has 2 fully saturated rings. The molecule has 1 heterocycles. The van der Waals surface area contributed by atoms with Crippen molar-refractivity contribution in [3.05, 3.63) is 0 Å². The fourth-order valence-electron chi connectivity index (χ4n) is 2.76. The third-order valence-electron chi connectivity index (χ3n) is 3.64. The summed E-state index contributed by atoms with van der Waals surface area (Å²) in [4.78, 5) is 13.9. The Hall–Kier alpha value is -0.410. The summed E-state index contributed by atoms with van der Waals surface area (Å²) in [7, 11) is 0. The minimum absolute atomic E-state index is 0.169. The molecule has 3 heteroatoms. The van der Waals surface area contributed by atoms with Gasteiger partial charge in [0.2, 0.25) is 0 Å². The second-order valence-corrected chi connectivity index (χ2v) is 4.96. The van der Waals surface area contributed by atoms with Crippen molar-refractivity contribution in [3.63, 3.8) is 0 Å². The van der Waals surface area contributed by atoms with E-state index >= 15 is 0 Å². The van der Waals surface area contributed by atoms with Crippen LogP contribution in [0.4, 0.5) is 0 Å². The first kappa shape index (κ1) is 11.1. The number of ketones is 1. The van der Waals surface area contributed by atoms with Gasteiger partial charge in [0.15, 0.2) is 0 Å². The van der Waals surface area contributed by atoms with Crippen LogP contribution in [0.15, 0.2) is 0 Å². The van der Waals surface area contributed by atoms with E-state index in [1.165, 1.54) is 6.42 Å². The molecule has 0 spiro atoms. The number of aliphatic hydroxyl groups excluding tert-OH is 1. The van der Waals surface area contributed by atoms with Gasteiger partial charge in [-0.3, -0.25) is 4.79 Å². The lowest BCUT2D eigenvalue weighted by Crippen LogP contribution is -2.42. The zero-order valence-electron chi connectivity index (χ0n) is 9.32. The topological polar surface area (TPSA) is 40.5 Å². The highest BCUT2D eigenvalue weighted by Gasteiger charge is 2.26. The first-order valence-corrected chi connectivity index (χ1v) is 6.19. The van der Waals surface area contributed by atoms with Gasteiger partial charge in [0.25, 0.3) is 0 Å². The maximum absolute atomic E-state index is 11.7. The largest absolute Gasteiger partial charge is 0.392 e. The van der Waals surface area contributed by atoms with Crippen LogP contribution in [-0.2, 0) is 4.79 Å². The second-order valence-electron chi connectivity index (χ2n) is 4.96. The molecule has 0 bridgehead atoms. The van der Waals surface area contributed by atoms with E-state index in [9.17, 15) is 9.90 Å². The lowest BCUT2D eigenvalue weighted by molar-refractivity contribution is -0.125. The molecule has 2 atom stereocenters. The first-order valence-electron chi connectivity index (χ1n) is 6.19. The maximum atomic E-state index is 11.7. The smallest absolute Gasteiger partial charge is 0.137 e. The predicted molar refractivity (Wildman–Crippen MR) is 58.6 cm³/mol. The number of aliphatic hydroxyl groups is 1. The Kier molecular flexibility index (Phi) is 3.76. The van der Waals surface area contributed by atoms with Gasteiger partial charge in [-0.05, 0) is 32.2 Å². The molecule has 1 saturated carbocycles. The summed E-state index contributed by atoms with van der Waals surface area (Å²) >= 11 is 0. The molecule has 0 amide bonds. The van der Waals surface area contributed by atoms with Crippen molar-refractivity contribution in [2.24, 2.45) is 5.92 Å². The van der Waals surface area contributed by atoms with Gasteiger partial charge in [-0.1, -0.05) is 6.42 Å². The first-order chi connectivity index (χ1) is 7.25. The minimum Gasteiger partial charge on any atom is -0.392 e. The summed E-state index contributed by atoms with van der Waals surface area (Å²) < 4.78 is 0. The van der Waals surface area contributed by atoms with E-state index in [4.69, 9.17) is 0 Å². The number of β-amino-alcohol motifs (C(OH)–C–C–N with tert-alkyl or cyclic N) is 1. The van der Waals surface area contributed by atoms with Gasteiger partial charge in [-0.2, -0.15) is 0 Å². The quantitative estimate of drug-likeness (QED) is 0.746. The number of likely N-dealkylation sites (tertiary alicyclic amines) is 1. The summed E-state index contributed by atoms with van der Waals surface area (Å²) in [5.74, 6) is 0.699. The average Bonchev–Trinajstić information content (AvgIpc) is 2.22. The van der Waals surface area contributed by atoms with Gasteiger partial charge in [-0.15, -0.1) is 0 Å². The van der Waals surface area contributed by atoms with Gasteiger partial charge in [0.1, 0.15) is 5.78 Å². The Bertz CT molecular complexity index is 230. The van der Waals surface area contributed by atoms with Crippen molar-refractivity contribution in [2.45, 2.75) is 44.6 Å². The molecule has 0 aromatic rings. The van der Waals surface area contributed by atoms with Crippen molar-refractivity contribution in [1.29, 1.82) is 0 Å². The summed E-state index contributed by atoms with van der Waals surface area (Å²) in [6.07, 6.45) is 5.95. The second kappa shape index (κ2) is 5.08. The fraction of sp³-hybridized carbons (Fsp3) is 0.917. The molecular weight excluding hydrogens is 190 g/mol. The number of nitrogens with zero attached hydrogens (tertiary/aromatic N) is 1. The van der Waals surface area contributed by atoms with Crippen molar-refractivity contribution in [1.82, 2.24) is 4.90 Å². The molecule has 2 unspecified atom stereocenters. The van der Waals surface area contributed by atoms with Crippen LogP contribution in [-0.4, -0.2) is 41.5 Å². The average molecular weight is 211 g/mol. The summed E-state index contributed by atoms with van der Waals surface area (Å²) in [6.45, 7) is 2.71. The number of carbonyl (C=O) groups is 1. The van der Waals surface area contributed by atoms with Crippen molar-refractivity contribution in [3.8, 4) is 0 Å². The normalized spacial score (nSPS) is 34.3. The van der Waals surface area contributed by atoms with E-state index in [1.54, 1.807) is 0 Å². The highest BCUT2D eigenvalue weighted by Crippen LogP contribution is 2.22. The highest BCUT2D eigenvalue weighted by molar-refractivity contribution is 5.81. The number of hydrogen-bond donors (Lipinski definition) is 1. The van der Waals surface area contributed by atoms with Crippen molar-refractivity contribution >= 4 is 5.78 Å². The van der Waals surface area contributed by atoms with Crippen LogP contribution in [0.1, 0.15) is 38.5 Å². The Morgan fingerprint density at radius 2 is 2.13 bits per heavy atom. The molecule has 1 saturated heterocycles. The molecule has 0 radical (unpaired) electrons. The molecule has 1 aliphatic heterocycles. The standard InChI is InChI=1S/C12H21NO2/c14-11-5-3-7-13(9-11)8-10-4-1-2-6-12(10)15/h10-11,14H,1-9H2. The molecule has 86 valence electrons. The summed E-state index contributed by atoms with van der Waals surface area (Å²) in [5, 5.41) is 9.55. The van der Waals surface area contributed by atoms with Crippen molar-refractivity contribution in [2.75, 3.05) is 19.6 Å². The molecule has 0 aromatic carbocycles. The third kappa shape index (κ3) is 3.02. The van der Waals surface area contributed by atoms with Gasteiger partial charge in [-0.25, -0.2) is 0 Å². The zero-order chi connectivity index (χ0) is 10.7. The monoisotopic (exact) mass is 211 g/mol. The van der Waals surface area contributed by atoms with E-state index in [-0.39, 0.29) is 12.0 Å². The molecule has 1 aliphatic carbocycles. The Morgan fingerprint density at radius 3 is 2.87 bits per heavy atom. The minimum atomic E-state index is -0.169. The van der Waals surface area contributed by atoms with Crippen LogP contribution >= 0.6 is 0 Å². The molecular formula is C12H21NO2. The summed E-state index contributed by atoms with van der Waals surface area (Å²) in [6, 6.07) is 0. The van der Waals surface area contributed by atoms with Gasteiger partial charge < -0.3 is 10.0 Å². The number of carbonyl (C=O) groups excluding carboxylic acids is 1. The lowest BCUT2D eigenvalue weighted by atomic mass is 9.87. The maximum Gasteiger partial charge on any atom is 0.137 e. The van der Waals surface area contributed by atoms with E-state index in [0.717, 1.165) is 51.7 Å². The van der Waals surface area contributed by atoms with Crippen LogP contribution in [0, 0.1) is 5.92 Å². The Balaban J connectivity index is 1.81. The van der Waals surface area contributed by atoms with E-state index in [2.05, 4.69) is 4.90 Å². The SMILES string of the molecule is O=C1CCCCC1CN1CCCC(O)C1. The predicted octanol–water partition coefficient (Wildman–Crippen LogP) is 1.20. The third-order valence-corrected chi connectivity index (χ3v) is 3.64. The molecule has 0 aromatic heterocycles. The van der Waals surface area contributed by atoms with E-state index in [1.807, 2.05) is 0 Å². The van der Waals surface area contributed by atoms with Crippen LogP contribution in [0.2, 0.25) is 0 Å². The number of rotatable bonds is 2. The van der Waals surface area contributed by atoms with E-state index in [0.29, 0.717) is 5.78 Å². The van der Waals surface area contributed by atoms with Crippen LogP contribution in [0.25, 0.3) is 0 Å². The van der Waals surface area contributed by atoms with Gasteiger partial charge >= 0.3 is 0 Å². The van der Waals surface area contributed by atoms with Crippen molar-refractivity contribution < 1.29 is 9.90 Å². The molecule has 15 heavy (non-hydrogen) atoms. The number of hydrogen-bond acceptors (Lipinski definition) is 3. The molecule has 3 nitrogen and oxygen atoms in total. The van der Waals surface area contributed by atoms with Crippen LogP contribution < -0.4 is 0 Å². The Labute approximate surface area is 91.5 Å². The Morgan fingerprint density at radius 1 is 1.27 bits per heavy atom. The molecule has 2 aliphatic rings. The molecule has 2 rings (SSSR count). The van der Waals surface area contributed by atoms with Gasteiger partial charge in [0.05, 0.1) is 6.10 Å². The van der Waals surface area contributed by atoms with Gasteiger partial charge in [0, 0.05) is 25.4 Å². The summed E-state index contributed by atoms with van der Waals surface area (Å²) in [5.41, 5.74) is 0. The van der Waals surface area contributed by atoms with Crippen LogP contribution in [0.3, 0.4) is 0 Å². The fourth-order valence-corrected chi connectivity index (χ4v) is 2.76. The van der Waals surface area contributed by atoms with E-state index < -0.39 is 0 Å². The zero-order valence-corrected chi connectivity index (χ0v) is 9.32. The highest BCUT2D eigenvalue weighted by atomic mass is 16.3. The number of Topliss-reactive ketones (excluding diaryl/α,β-unsaturated/α-hetero) is 1. The van der Waals surface area contributed by atoms with Crippen LogP contribution in [0.5, 0.6) is 0 Å². The lowest BCUT2D eigenvalue weighted by Gasteiger charge is -2.33. The number of piperidine rings is 1. The molecule has 1 N–H and O–H groups in total.